The summed E-state index contributed by atoms with van der Waals surface area (Å²) in [5.74, 6) is 0.654. The van der Waals surface area contributed by atoms with Crippen LogP contribution in [0.4, 0.5) is 0 Å². The van der Waals surface area contributed by atoms with Gasteiger partial charge in [0.15, 0.2) is 0 Å². The summed E-state index contributed by atoms with van der Waals surface area (Å²) in [6.07, 6.45) is 2.12. The molecule has 3 heteroatoms. The van der Waals surface area contributed by atoms with Crippen LogP contribution in [0.1, 0.15) is 18.5 Å². The molecule has 0 aliphatic heterocycles. The third-order valence-corrected chi connectivity index (χ3v) is 2.49. The molecule has 0 radical (unpaired) electrons. The molecule has 1 aromatic rings. The molecule has 0 bridgehead atoms. The van der Waals surface area contributed by atoms with Gasteiger partial charge in [0.2, 0.25) is 5.88 Å². The maximum absolute atomic E-state index is 5.42. The Bertz CT molecular complexity index is 308. The first-order valence-corrected chi connectivity index (χ1v) is 4.37. The summed E-state index contributed by atoms with van der Waals surface area (Å²) in [4.78, 5) is 4.35. The first-order chi connectivity index (χ1) is 6.30. The Morgan fingerprint density at radius 2 is 2.08 bits per heavy atom. The summed E-state index contributed by atoms with van der Waals surface area (Å²) in [6.45, 7) is 0. The molecular weight excluding hydrogens is 166 g/mol. The zero-order valence-corrected chi connectivity index (χ0v) is 7.91. The van der Waals surface area contributed by atoms with Crippen LogP contribution in [0.15, 0.2) is 18.2 Å². The second-order valence-corrected chi connectivity index (χ2v) is 3.26. The van der Waals surface area contributed by atoms with E-state index in [0.717, 1.165) is 18.5 Å². The lowest BCUT2D eigenvalue weighted by Crippen LogP contribution is -2.11. The molecule has 70 valence electrons. The second-order valence-electron chi connectivity index (χ2n) is 3.26. The van der Waals surface area contributed by atoms with Gasteiger partial charge < -0.3 is 9.47 Å². The topological polar surface area (TPSA) is 31.4 Å². The van der Waals surface area contributed by atoms with Crippen molar-refractivity contribution in [3.8, 4) is 5.88 Å². The smallest absolute Gasteiger partial charge is 0.213 e. The summed E-state index contributed by atoms with van der Waals surface area (Å²) in [7, 11) is 3.35. The third kappa shape index (κ3) is 1.40. The average Bonchev–Trinajstić information content (AvgIpc) is 2.99. The second kappa shape index (κ2) is 3.00. The lowest BCUT2D eigenvalue weighted by atomic mass is 10.2. The number of hydrogen-bond donors (Lipinski definition) is 0. The number of nitrogens with zero attached hydrogens (tertiary/aromatic N) is 1. The van der Waals surface area contributed by atoms with Gasteiger partial charge in [-0.2, -0.15) is 0 Å². The van der Waals surface area contributed by atoms with Crippen LogP contribution >= 0.6 is 0 Å². The van der Waals surface area contributed by atoms with Crippen LogP contribution in [-0.4, -0.2) is 19.2 Å². The first-order valence-electron chi connectivity index (χ1n) is 4.37. The van der Waals surface area contributed by atoms with Crippen LogP contribution in [0, 0.1) is 0 Å². The molecule has 0 amide bonds. The summed E-state index contributed by atoms with van der Waals surface area (Å²) >= 11 is 0. The normalized spacial score (nSPS) is 18.3. The molecule has 1 aromatic heterocycles. The fraction of sp³-hybridized carbons (Fsp3) is 0.500. The minimum atomic E-state index is -0.117. The quantitative estimate of drug-likeness (QED) is 0.708. The van der Waals surface area contributed by atoms with E-state index in [1.165, 1.54) is 0 Å². The van der Waals surface area contributed by atoms with Crippen LogP contribution in [-0.2, 0) is 10.3 Å². The highest BCUT2D eigenvalue weighted by atomic mass is 16.5. The molecule has 0 saturated heterocycles. The number of methoxy groups -OCH3 is 2. The monoisotopic (exact) mass is 179 g/mol. The van der Waals surface area contributed by atoms with Gasteiger partial charge in [0.25, 0.3) is 0 Å². The third-order valence-electron chi connectivity index (χ3n) is 2.49. The van der Waals surface area contributed by atoms with Gasteiger partial charge in [-0.1, -0.05) is 6.07 Å². The minimum Gasteiger partial charge on any atom is -0.481 e. The van der Waals surface area contributed by atoms with Crippen molar-refractivity contribution in [2.75, 3.05) is 14.2 Å². The molecule has 1 aliphatic carbocycles. The van der Waals surface area contributed by atoms with E-state index in [1.54, 1.807) is 14.2 Å². The fourth-order valence-electron chi connectivity index (χ4n) is 1.46. The van der Waals surface area contributed by atoms with Gasteiger partial charge in [0, 0.05) is 13.2 Å². The van der Waals surface area contributed by atoms with Crippen molar-refractivity contribution in [1.29, 1.82) is 0 Å². The fourth-order valence-corrected chi connectivity index (χ4v) is 1.46. The van der Waals surface area contributed by atoms with Crippen molar-refractivity contribution in [2.45, 2.75) is 18.4 Å². The van der Waals surface area contributed by atoms with Gasteiger partial charge in [0.05, 0.1) is 12.8 Å². The molecule has 2 rings (SSSR count). The van der Waals surface area contributed by atoms with Gasteiger partial charge in [-0.05, 0) is 18.9 Å². The van der Waals surface area contributed by atoms with Crippen molar-refractivity contribution >= 4 is 0 Å². The first kappa shape index (κ1) is 8.51. The summed E-state index contributed by atoms with van der Waals surface area (Å²) < 4.78 is 10.5. The SMILES string of the molecule is COc1cccc(C2(OC)CC2)n1. The lowest BCUT2D eigenvalue weighted by molar-refractivity contribution is 0.0746. The number of ether oxygens (including phenoxy) is 2. The molecule has 3 nitrogen and oxygen atoms in total. The Hall–Kier alpha value is -1.09. The number of aromatic nitrogens is 1. The zero-order valence-electron chi connectivity index (χ0n) is 7.91. The summed E-state index contributed by atoms with van der Waals surface area (Å²) in [5.41, 5.74) is 0.864. The maximum atomic E-state index is 5.42. The van der Waals surface area contributed by atoms with Crippen molar-refractivity contribution in [3.63, 3.8) is 0 Å². The Morgan fingerprint density at radius 3 is 2.62 bits per heavy atom. The van der Waals surface area contributed by atoms with E-state index in [-0.39, 0.29) is 5.60 Å². The van der Waals surface area contributed by atoms with E-state index in [0.29, 0.717) is 5.88 Å². The van der Waals surface area contributed by atoms with Crippen molar-refractivity contribution in [2.24, 2.45) is 0 Å². The highest BCUT2D eigenvalue weighted by Crippen LogP contribution is 2.47. The van der Waals surface area contributed by atoms with E-state index >= 15 is 0 Å². The minimum absolute atomic E-state index is 0.117. The molecule has 1 fully saturated rings. The van der Waals surface area contributed by atoms with Gasteiger partial charge in [-0.3, -0.25) is 0 Å². The molecule has 0 atom stereocenters. The summed E-state index contributed by atoms with van der Waals surface area (Å²) in [6, 6.07) is 5.77. The van der Waals surface area contributed by atoms with Gasteiger partial charge in [0.1, 0.15) is 5.60 Å². The Morgan fingerprint density at radius 1 is 1.31 bits per heavy atom. The highest BCUT2D eigenvalue weighted by Gasteiger charge is 2.46. The lowest BCUT2D eigenvalue weighted by Gasteiger charge is -2.12. The molecular formula is C10H13NO2. The molecule has 1 heterocycles. The van der Waals surface area contributed by atoms with Crippen LogP contribution in [0.3, 0.4) is 0 Å². The Balaban J connectivity index is 2.30. The van der Waals surface area contributed by atoms with Gasteiger partial charge in [-0.25, -0.2) is 4.98 Å². The van der Waals surface area contributed by atoms with Crippen molar-refractivity contribution in [1.82, 2.24) is 4.98 Å². The zero-order chi connectivity index (χ0) is 9.31. The molecule has 0 aromatic carbocycles. The van der Waals surface area contributed by atoms with Crippen molar-refractivity contribution < 1.29 is 9.47 Å². The van der Waals surface area contributed by atoms with Gasteiger partial charge >= 0.3 is 0 Å². The molecule has 13 heavy (non-hydrogen) atoms. The Labute approximate surface area is 77.7 Å². The number of rotatable bonds is 3. The van der Waals surface area contributed by atoms with Crippen LogP contribution in [0.2, 0.25) is 0 Å². The van der Waals surface area contributed by atoms with Gasteiger partial charge in [-0.15, -0.1) is 0 Å². The predicted molar refractivity (Wildman–Crippen MR) is 48.7 cm³/mol. The predicted octanol–water partition coefficient (Wildman–Crippen LogP) is 1.73. The molecule has 0 spiro atoms. The molecule has 1 aliphatic rings. The standard InChI is InChI=1S/C10H13NO2/c1-12-9-5-3-4-8(11-9)10(13-2)6-7-10/h3-5H,6-7H2,1-2H3. The van der Waals surface area contributed by atoms with E-state index in [1.807, 2.05) is 18.2 Å². The van der Waals surface area contributed by atoms with E-state index in [2.05, 4.69) is 4.98 Å². The van der Waals surface area contributed by atoms with E-state index in [4.69, 9.17) is 9.47 Å². The largest absolute Gasteiger partial charge is 0.481 e. The van der Waals surface area contributed by atoms with Crippen LogP contribution < -0.4 is 4.74 Å². The maximum Gasteiger partial charge on any atom is 0.213 e. The van der Waals surface area contributed by atoms with Crippen LogP contribution in [0.25, 0.3) is 0 Å². The van der Waals surface area contributed by atoms with Crippen molar-refractivity contribution in [3.05, 3.63) is 23.9 Å². The average molecular weight is 179 g/mol. The summed E-state index contributed by atoms with van der Waals surface area (Å²) in [5, 5.41) is 0. The molecule has 0 N–H and O–H groups in total. The van der Waals surface area contributed by atoms with Crippen LogP contribution in [0.5, 0.6) is 5.88 Å². The highest BCUT2D eigenvalue weighted by molar-refractivity contribution is 5.24. The number of pyridine rings is 1. The van der Waals surface area contributed by atoms with E-state index < -0.39 is 0 Å². The van der Waals surface area contributed by atoms with E-state index in [9.17, 15) is 0 Å². The Kier molecular flexibility index (Phi) is 1.96. The molecule has 0 unspecified atom stereocenters. The molecule has 1 saturated carbocycles. The number of hydrogen-bond acceptors (Lipinski definition) is 3.